The van der Waals surface area contributed by atoms with Crippen LogP contribution in [0.25, 0.3) is 0 Å². The average Bonchev–Trinajstić information content (AvgIpc) is 3.08. The van der Waals surface area contributed by atoms with E-state index in [4.69, 9.17) is 4.42 Å². The molecular weight excluding hydrogens is 300 g/mol. The Bertz CT molecular complexity index is 594. The lowest BCUT2D eigenvalue weighted by atomic mass is 10.1. The molecule has 0 saturated carbocycles. The van der Waals surface area contributed by atoms with Crippen molar-refractivity contribution in [3.05, 3.63) is 29.2 Å². The molecule has 1 amide bonds. The third kappa shape index (κ3) is 4.64. The van der Waals surface area contributed by atoms with Crippen LogP contribution in [-0.2, 0) is 11.2 Å². The lowest BCUT2D eigenvalue weighted by molar-refractivity contribution is -0.117. The largest absolute Gasteiger partial charge is 0.468 e. The molecule has 0 spiro atoms. The standard InChI is InChI=1S/C15H22N4O2S/c1-10(2)8-14-17-18-15(22-14)16-13(20)9-19(4)11(3)12-6-5-7-21-12/h5-7,10-11H,8-9H2,1-4H3,(H,16,18,20)/t11-/m0/s1. The fraction of sp³-hybridized carbons (Fsp3) is 0.533. The van der Waals surface area contributed by atoms with Crippen molar-refractivity contribution in [1.82, 2.24) is 15.1 Å². The zero-order valence-electron chi connectivity index (χ0n) is 13.4. The first-order valence-corrected chi connectivity index (χ1v) is 8.13. The molecule has 7 heteroatoms. The number of hydrogen-bond acceptors (Lipinski definition) is 6. The molecule has 1 atom stereocenters. The number of amides is 1. The number of likely N-dealkylation sites (N-methyl/N-ethyl adjacent to an activating group) is 1. The van der Waals surface area contributed by atoms with Crippen molar-refractivity contribution in [3.63, 3.8) is 0 Å². The highest BCUT2D eigenvalue weighted by Gasteiger charge is 2.18. The van der Waals surface area contributed by atoms with Crippen LogP contribution >= 0.6 is 11.3 Å². The first kappa shape index (κ1) is 16.6. The van der Waals surface area contributed by atoms with E-state index in [0.717, 1.165) is 17.2 Å². The molecular formula is C15H22N4O2S. The topological polar surface area (TPSA) is 71.3 Å². The Kier molecular flexibility index (Phi) is 5.68. The zero-order valence-corrected chi connectivity index (χ0v) is 14.2. The van der Waals surface area contributed by atoms with Gasteiger partial charge in [-0.05, 0) is 32.0 Å². The van der Waals surface area contributed by atoms with Crippen LogP contribution < -0.4 is 5.32 Å². The van der Waals surface area contributed by atoms with Crippen LogP contribution in [0.2, 0.25) is 0 Å². The maximum atomic E-state index is 12.1. The molecule has 0 saturated heterocycles. The van der Waals surface area contributed by atoms with Crippen LogP contribution in [0, 0.1) is 5.92 Å². The van der Waals surface area contributed by atoms with Crippen LogP contribution in [0.3, 0.4) is 0 Å². The van der Waals surface area contributed by atoms with E-state index in [-0.39, 0.29) is 18.5 Å². The van der Waals surface area contributed by atoms with Crippen molar-refractivity contribution in [2.45, 2.75) is 33.2 Å². The summed E-state index contributed by atoms with van der Waals surface area (Å²) in [6.45, 7) is 6.52. The van der Waals surface area contributed by atoms with Gasteiger partial charge < -0.3 is 4.42 Å². The van der Waals surface area contributed by atoms with Crippen LogP contribution in [0.4, 0.5) is 5.13 Å². The predicted octanol–water partition coefficient (Wildman–Crippen LogP) is 2.96. The van der Waals surface area contributed by atoms with Crippen LogP contribution in [0.1, 0.15) is 37.6 Å². The van der Waals surface area contributed by atoms with Crippen LogP contribution in [0.15, 0.2) is 22.8 Å². The second-order valence-corrected chi connectivity index (χ2v) is 6.82. The third-order valence-electron chi connectivity index (χ3n) is 3.31. The van der Waals surface area contributed by atoms with Gasteiger partial charge in [-0.2, -0.15) is 0 Å². The summed E-state index contributed by atoms with van der Waals surface area (Å²) < 4.78 is 5.36. The molecule has 0 unspecified atom stereocenters. The number of aromatic nitrogens is 2. The number of nitrogens with one attached hydrogen (secondary N) is 1. The first-order chi connectivity index (χ1) is 10.5. The summed E-state index contributed by atoms with van der Waals surface area (Å²) >= 11 is 1.43. The van der Waals surface area contributed by atoms with E-state index in [2.05, 4.69) is 29.4 Å². The van der Waals surface area contributed by atoms with Gasteiger partial charge in [0.1, 0.15) is 10.8 Å². The molecule has 2 heterocycles. The van der Waals surface area contributed by atoms with Gasteiger partial charge in [0.05, 0.1) is 18.8 Å². The number of carbonyl (C=O) groups is 1. The average molecular weight is 322 g/mol. The van der Waals surface area contributed by atoms with Crippen molar-refractivity contribution in [3.8, 4) is 0 Å². The number of furan rings is 1. The molecule has 22 heavy (non-hydrogen) atoms. The maximum Gasteiger partial charge on any atom is 0.240 e. The van der Waals surface area contributed by atoms with Gasteiger partial charge in [-0.1, -0.05) is 25.2 Å². The summed E-state index contributed by atoms with van der Waals surface area (Å²) in [7, 11) is 1.89. The van der Waals surface area contributed by atoms with E-state index in [1.54, 1.807) is 6.26 Å². The summed E-state index contributed by atoms with van der Waals surface area (Å²) in [5.41, 5.74) is 0. The second kappa shape index (κ2) is 7.51. The highest BCUT2D eigenvalue weighted by atomic mass is 32.1. The summed E-state index contributed by atoms with van der Waals surface area (Å²) in [6.07, 6.45) is 2.51. The van der Waals surface area contributed by atoms with Gasteiger partial charge in [-0.25, -0.2) is 0 Å². The molecule has 2 aromatic rings. The molecule has 0 aliphatic heterocycles. The Labute approximate surface area is 134 Å². The quantitative estimate of drug-likeness (QED) is 0.848. The molecule has 120 valence electrons. The fourth-order valence-corrected chi connectivity index (χ4v) is 2.97. The Hall–Kier alpha value is -1.73. The molecule has 6 nitrogen and oxygen atoms in total. The third-order valence-corrected chi connectivity index (χ3v) is 4.17. The minimum absolute atomic E-state index is 0.0340. The minimum atomic E-state index is -0.104. The summed E-state index contributed by atoms with van der Waals surface area (Å²) in [6, 6.07) is 3.78. The lowest BCUT2D eigenvalue weighted by Gasteiger charge is -2.21. The Balaban J connectivity index is 1.85. The van der Waals surface area contributed by atoms with E-state index in [1.165, 1.54) is 11.3 Å². The Morgan fingerprint density at radius 2 is 2.18 bits per heavy atom. The van der Waals surface area contributed by atoms with Gasteiger partial charge in [-0.15, -0.1) is 10.2 Å². The summed E-state index contributed by atoms with van der Waals surface area (Å²) in [5.74, 6) is 1.26. The molecule has 0 aliphatic carbocycles. The fourth-order valence-electron chi connectivity index (χ4n) is 2.00. The molecule has 0 bridgehead atoms. The van der Waals surface area contributed by atoms with E-state index in [0.29, 0.717) is 11.0 Å². The van der Waals surface area contributed by atoms with Gasteiger partial charge >= 0.3 is 0 Å². The van der Waals surface area contributed by atoms with Crippen molar-refractivity contribution in [1.29, 1.82) is 0 Å². The molecule has 1 N–H and O–H groups in total. The van der Waals surface area contributed by atoms with Crippen molar-refractivity contribution >= 4 is 22.4 Å². The summed E-state index contributed by atoms with van der Waals surface area (Å²) in [4.78, 5) is 14.0. The predicted molar refractivity (Wildman–Crippen MR) is 86.8 cm³/mol. The number of nitrogens with zero attached hydrogens (tertiary/aromatic N) is 3. The first-order valence-electron chi connectivity index (χ1n) is 7.31. The molecule has 2 aromatic heterocycles. The smallest absolute Gasteiger partial charge is 0.240 e. The number of rotatable bonds is 7. The molecule has 0 aliphatic rings. The van der Waals surface area contributed by atoms with Gasteiger partial charge in [0.15, 0.2) is 0 Å². The van der Waals surface area contributed by atoms with Gasteiger partial charge in [0.25, 0.3) is 0 Å². The van der Waals surface area contributed by atoms with Gasteiger partial charge in [0.2, 0.25) is 11.0 Å². The highest BCUT2D eigenvalue weighted by Crippen LogP contribution is 2.20. The SMILES string of the molecule is CC(C)Cc1nnc(NC(=O)CN(C)[C@@H](C)c2ccco2)s1. The van der Waals surface area contributed by atoms with Crippen molar-refractivity contribution in [2.24, 2.45) is 5.92 Å². The summed E-state index contributed by atoms with van der Waals surface area (Å²) in [5, 5.41) is 12.4. The second-order valence-electron chi connectivity index (χ2n) is 5.75. The molecule has 0 radical (unpaired) electrons. The van der Waals surface area contributed by atoms with Gasteiger partial charge in [0, 0.05) is 6.42 Å². The van der Waals surface area contributed by atoms with Crippen LogP contribution in [0.5, 0.6) is 0 Å². The zero-order chi connectivity index (χ0) is 16.1. The molecule has 2 rings (SSSR count). The molecule has 0 aromatic carbocycles. The van der Waals surface area contributed by atoms with Crippen molar-refractivity contribution < 1.29 is 9.21 Å². The van der Waals surface area contributed by atoms with E-state index < -0.39 is 0 Å². The Morgan fingerprint density at radius 1 is 1.41 bits per heavy atom. The van der Waals surface area contributed by atoms with E-state index in [1.807, 2.05) is 31.0 Å². The molecule has 0 fully saturated rings. The van der Waals surface area contributed by atoms with E-state index >= 15 is 0 Å². The lowest BCUT2D eigenvalue weighted by Crippen LogP contribution is -2.32. The van der Waals surface area contributed by atoms with Gasteiger partial charge in [-0.3, -0.25) is 15.0 Å². The normalized spacial score (nSPS) is 12.8. The monoisotopic (exact) mass is 322 g/mol. The number of hydrogen-bond donors (Lipinski definition) is 1. The Morgan fingerprint density at radius 3 is 2.82 bits per heavy atom. The minimum Gasteiger partial charge on any atom is -0.468 e. The van der Waals surface area contributed by atoms with Crippen LogP contribution in [-0.4, -0.2) is 34.6 Å². The van der Waals surface area contributed by atoms with E-state index in [9.17, 15) is 4.79 Å². The highest BCUT2D eigenvalue weighted by molar-refractivity contribution is 7.15. The number of carbonyl (C=O) groups excluding carboxylic acids is 1. The van der Waals surface area contributed by atoms with Crippen molar-refractivity contribution in [2.75, 3.05) is 18.9 Å². The number of anilines is 1. The maximum absolute atomic E-state index is 12.1.